The van der Waals surface area contributed by atoms with Crippen LogP contribution in [0.5, 0.6) is 5.75 Å². The molecule has 2 heterocycles. The van der Waals surface area contributed by atoms with E-state index in [9.17, 15) is 9.90 Å². The molecule has 0 saturated carbocycles. The van der Waals surface area contributed by atoms with Crippen molar-refractivity contribution in [2.75, 3.05) is 0 Å². The summed E-state index contributed by atoms with van der Waals surface area (Å²) in [6.45, 7) is 3.12. The second-order valence-corrected chi connectivity index (χ2v) is 6.37. The van der Waals surface area contributed by atoms with Crippen LogP contribution in [0.1, 0.15) is 34.2 Å². The van der Waals surface area contributed by atoms with Crippen LogP contribution in [0.4, 0.5) is 0 Å². The average molecular weight is 345 g/mol. The van der Waals surface area contributed by atoms with Gasteiger partial charge in [-0.2, -0.15) is 0 Å². The Morgan fingerprint density at radius 3 is 2.54 bits per heavy atom. The van der Waals surface area contributed by atoms with E-state index in [1.54, 1.807) is 29.3 Å². The lowest BCUT2D eigenvalue weighted by molar-refractivity contribution is 0.0748. The minimum atomic E-state index is -0.176. The number of aromatic hydroxyl groups is 1. The fourth-order valence-corrected chi connectivity index (χ4v) is 3.24. The summed E-state index contributed by atoms with van der Waals surface area (Å²) in [5.41, 5.74) is 4.14. The fourth-order valence-electron chi connectivity index (χ4n) is 3.24. The van der Waals surface area contributed by atoms with Crippen LogP contribution < -0.4 is 0 Å². The van der Waals surface area contributed by atoms with Gasteiger partial charge in [-0.05, 0) is 35.4 Å². The highest BCUT2D eigenvalue weighted by molar-refractivity contribution is 5.98. The first kappa shape index (κ1) is 16.3. The van der Waals surface area contributed by atoms with Crippen molar-refractivity contribution in [1.82, 2.24) is 14.9 Å². The van der Waals surface area contributed by atoms with E-state index >= 15 is 0 Å². The number of benzene rings is 2. The first-order valence-electron chi connectivity index (χ1n) is 8.67. The second-order valence-electron chi connectivity index (χ2n) is 6.37. The molecule has 1 amide bonds. The van der Waals surface area contributed by atoms with Gasteiger partial charge in [-0.3, -0.25) is 4.79 Å². The zero-order valence-electron chi connectivity index (χ0n) is 14.5. The number of nitrogens with zero attached hydrogens (tertiary/aromatic N) is 3. The molecule has 3 aromatic rings. The molecule has 0 spiro atoms. The standard InChI is InChI=1S/C21H19N3O2/c1-2-20-22-10-9-18(23-20)14-7-8-19(25)17(11-14)21(26)24-12-15-5-3-4-6-16(15)13-24/h3-11,25H,2,12-13H2,1H3. The molecule has 0 radical (unpaired) electrons. The van der Waals surface area contributed by atoms with Crippen molar-refractivity contribution in [3.63, 3.8) is 0 Å². The van der Waals surface area contributed by atoms with Crippen LogP contribution in [0.15, 0.2) is 54.7 Å². The van der Waals surface area contributed by atoms with Gasteiger partial charge in [0, 0.05) is 31.3 Å². The van der Waals surface area contributed by atoms with Gasteiger partial charge >= 0.3 is 0 Å². The smallest absolute Gasteiger partial charge is 0.258 e. The number of amides is 1. The SMILES string of the molecule is CCc1nccc(-c2ccc(O)c(C(=O)N3Cc4ccccc4C3)c2)n1. The average Bonchev–Trinajstić information content (AvgIpc) is 3.12. The highest BCUT2D eigenvalue weighted by Gasteiger charge is 2.26. The molecule has 1 aromatic heterocycles. The van der Waals surface area contributed by atoms with E-state index in [1.807, 2.05) is 37.3 Å². The molecule has 0 saturated heterocycles. The number of phenolic OH excluding ortho intramolecular Hbond substituents is 1. The Morgan fingerprint density at radius 1 is 1.12 bits per heavy atom. The number of fused-ring (bicyclic) bond motifs is 1. The van der Waals surface area contributed by atoms with Crippen LogP contribution >= 0.6 is 0 Å². The van der Waals surface area contributed by atoms with E-state index in [1.165, 1.54) is 0 Å². The van der Waals surface area contributed by atoms with Gasteiger partial charge in [-0.15, -0.1) is 0 Å². The van der Waals surface area contributed by atoms with Crippen molar-refractivity contribution in [3.05, 3.63) is 77.2 Å². The third kappa shape index (κ3) is 2.92. The summed E-state index contributed by atoms with van der Waals surface area (Å²) in [7, 11) is 0. The van der Waals surface area contributed by atoms with E-state index in [-0.39, 0.29) is 11.7 Å². The predicted molar refractivity (Wildman–Crippen MR) is 98.5 cm³/mol. The van der Waals surface area contributed by atoms with E-state index in [0.717, 1.165) is 34.6 Å². The molecule has 5 heteroatoms. The summed E-state index contributed by atoms with van der Waals surface area (Å²) in [6, 6.07) is 14.9. The summed E-state index contributed by atoms with van der Waals surface area (Å²) in [5.74, 6) is 0.559. The van der Waals surface area contributed by atoms with Gasteiger partial charge < -0.3 is 10.0 Å². The Labute approximate surface area is 152 Å². The first-order chi connectivity index (χ1) is 12.7. The normalized spacial score (nSPS) is 12.9. The summed E-state index contributed by atoms with van der Waals surface area (Å²) < 4.78 is 0. The molecule has 0 fully saturated rings. The number of carbonyl (C=O) groups is 1. The molecule has 130 valence electrons. The fraction of sp³-hybridized carbons (Fsp3) is 0.190. The molecule has 0 bridgehead atoms. The van der Waals surface area contributed by atoms with Crippen LogP contribution in [0.2, 0.25) is 0 Å². The van der Waals surface area contributed by atoms with Gasteiger partial charge in [0.2, 0.25) is 0 Å². The summed E-state index contributed by atoms with van der Waals surface area (Å²) >= 11 is 0. The van der Waals surface area contributed by atoms with Crippen molar-refractivity contribution in [2.45, 2.75) is 26.4 Å². The maximum atomic E-state index is 13.0. The lowest BCUT2D eigenvalue weighted by Gasteiger charge is -2.17. The number of aryl methyl sites for hydroxylation is 1. The molecule has 1 aliphatic heterocycles. The lowest BCUT2D eigenvalue weighted by Crippen LogP contribution is -2.25. The first-order valence-corrected chi connectivity index (χ1v) is 8.67. The number of aromatic nitrogens is 2. The highest BCUT2D eigenvalue weighted by atomic mass is 16.3. The molecule has 26 heavy (non-hydrogen) atoms. The molecule has 5 nitrogen and oxygen atoms in total. The predicted octanol–water partition coefficient (Wildman–Crippen LogP) is 3.57. The molecule has 0 unspecified atom stereocenters. The van der Waals surface area contributed by atoms with E-state index in [0.29, 0.717) is 18.7 Å². The summed E-state index contributed by atoms with van der Waals surface area (Å²) in [4.78, 5) is 23.4. The van der Waals surface area contributed by atoms with E-state index in [4.69, 9.17) is 0 Å². The molecule has 0 atom stereocenters. The molecule has 4 rings (SSSR count). The number of phenols is 1. The van der Waals surface area contributed by atoms with Gasteiger partial charge in [0.05, 0.1) is 11.3 Å². The quantitative estimate of drug-likeness (QED) is 0.788. The number of hydrogen-bond acceptors (Lipinski definition) is 4. The van der Waals surface area contributed by atoms with Crippen LogP contribution in [0.25, 0.3) is 11.3 Å². The Bertz CT molecular complexity index is 959. The maximum absolute atomic E-state index is 13.0. The van der Waals surface area contributed by atoms with Gasteiger partial charge in [-0.25, -0.2) is 9.97 Å². The molecule has 0 aliphatic carbocycles. The zero-order valence-corrected chi connectivity index (χ0v) is 14.5. The van der Waals surface area contributed by atoms with E-state index < -0.39 is 0 Å². The Kier molecular flexibility index (Phi) is 4.13. The molecule has 2 aromatic carbocycles. The zero-order chi connectivity index (χ0) is 18.1. The van der Waals surface area contributed by atoms with Crippen molar-refractivity contribution in [3.8, 4) is 17.0 Å². The number of hydrogen-bond donors (Lipinski definition) is 1. The van der Waals surface area contributed by atoms with Gasteiger partial charge in [0.15, 0.2) is 0 Å². The van der Waals surface area contributed by atoms with Gasteiger partial charge in [-0.1, -0.05) is 31.2 Å². The lowest BCUT2D eigenvalue weighted by atomic mass is 10.1. The van der Waals surface area contributed by atoms with Crippen molar-refractivity contribution >= 4 is 5.91 Å². The van der Waals surface area contributed by atoms with Crippen LogP contribution in [-0.2, 0) is 19.5 Å². The van der Waals surface area contributed by atoms with Gasteiger partial charge in [0.1, 0.15) is 11.6 Å². The monoisotopic (exact) mass is 345 g/mol. The topological polar surface area (TPSA) is 66.3 Å². The van der Waals surface area contributed by atoms with Crippen LogP contribution in [0, 0.1) is 0 Å². The van der Waals surface area contributed by atoms with E-state index in [2.05, 4.69) is 9.97 Å². The molecular formula is C21H19N3O2. The largest absolute Gasteiger partial charge is 0.507 e. The maximum Gasteiger partial charge on any atom is 0.258 e. The molecular weight excluding hydrogens is 326 g/mol. The number of rotatable bonds is 3. The molecule has 1 aliphatic rings. The second kappa shape index (κ2) is 6.59. The minimum Gasteiger partial charge on any atom is -0.507 e. The van der Waals surface area contributed by atoms with Gasteiger partial charge in [0.25, 0.3) is 5.91 Å². The Balaban J connectivity index is 1.65. The van der Waals surface area contributed by atoms with Crippen molar-refractivity contribution < 1.29 is 9.90 Å². The summed E-state index contributed by atoms with van der Waals surface area (Å²) in [5, 5.41) is 10.3. The Morgan fingerprint density at radius 2 is 1.85 bits per heavy atom. The van der Waals surface area contributed by atoms with Crippen LogP contribution in [-0.4, -0.2) is 25.9 Å². The molecule has 1 N–H and O–H groups in total. The Hall–Kier alpha value is -3.21. The highest BCUT2D eigenvalue weighted by Crippen LogP contribution is 2.29. The van der Waals surface area contributed by atoms with Crippen molar-refractivity contribution in [2.24, 2.45) is 0 Å². The third-order valence-corrected chi connectivity index (χ3v) is 4.67. The summed E-state index contributed by atoms with van der Waals surface area (Å²) in [6.07, 6.45) is 2.45. The number of carbonyl (C=O) groups excluding carboxylic acids is 1. The van der Waals surface area contributed by atoms with Crippen LogP contribution in [0.3, 0.4) is 0 Å². The third-order valence-electron chi connectivity index (χ3n) is 4.67. The minimum absolute atomic E-state index is 0.0144. The van der Waals surface area contributed by atoms with Crippen molar-refractivity contribution in [1.29, 1.82) is 0 Å².